The highest BCUT2D eigenvalue weighted by molar-refractivity contribution is 7.16. The predicted molar refractivity (Wildman–Crippen MR) is 117 cm³/mol. The molecule has 4 rings (SSSR count). The molecule has 3 aromatic heterocycles. The lowest BCUT2D eigenvalue weighted by molar-refractivity contribution is 0.0997. The van der Waals surface area contributed by atoms with E-state index in [9.17, 15) is 9.18 Å². The maximum Gasteiger partial charge on any atom is 0.291 e. The number of amides is 1. The number of nitrogens with one attached hydrogen (secondary N) is 2. The van der Waals surface area contributed by atoms with Gasteiger partial charge in [-0.15, -0.1) is 11.3 Å². The Morgan fingerprint density at radius 3 is 2.57 bits per heavy atom. The monoisotopic (exact) mass is 421 g/mol. The zero-order chi connectivity index (χ0) is 21.1. The SMILES string of the molecule is Cc1sc(NC(=O)c2ccco2)c([C@H](Nc2ccccn2)c2ccc(F)cc2)c1C. The summed E-state index contributed by atoms with van der Waals surface area (Å²) < 4.78 is 18.8. The molecule has 0 bridgehead atoms. The number of carbonyl (C=O) groups excluding carboxylic acids is 1. The second-order valence-corrected chi connectivity index (χ2v) is 8.03. The summed E-state index contributed by atoms with van der Waals surface area (Å²) in [5, 5.41) is 7.12. The number of benzene rings is 1. The van der Waals surface area contributed by atoms with Gasteiger partial charge >= 0.3 is 0 Å². The first kappa shape index (κ1) is 19.8. The van der Waals surface area contributed by atoms with Crippen LogP contribution in [-0.4, -0.2) is 10.9 Å². The van der Waals surface area contributed by atoms with Crippen LogP contribution in [0.3, 0.4) is 0 Å². The van der Waals surface area contributed by atoms with E-state index in [1.165, 1.54) is 29.7 Å². The second-order valence-electron chi connectivity index (χ2n) is 6.80. The summed E-state index contributed by atoms with van der Waals surface area (Å²) in [6.07, 6.45) is 3.17. The highest BCUT2D eigenvalue weighted by Gasteiger charge is 2.25. The Bertz CT molecular complexity index is 1140. The molecule has 1 amide bonds. The average Bonchev–Trinajstić information content (AvgIpc) is 3.37. The van der Waals surface area contributed by atoms with Gasteiger partial charge in [-0.1, -0.05) is 18.2 Å². The van der Waals surface area contributed by atoms with Crippen LogP contribution in [0.25, 0.3) is 0 Å². The van der Waals surface area contributed by atoms with E-state index in [2.05, 4.69) is 15.6 Å². The van der Waals surface area contributed by atoms with Gasteiger partial charge in [0.1, 0.15) is 16.6 Å². The van der Waals surface area contributed by atoms with E-state index in [0.717, 1.165) is 21.6 Å². The van der Waals surface area contributed by atoms with Crippen molar-refractivity contribution in [3.63, 3.8) is 0 Å². The normalized spacial score (nSPS) is 11.8. The number of nitrogens with zero attached hydrogens (tertiary/aromatic N) is 1. The molecule has 0 radical (unpaired) electrons. The van der Waals surface area contributed by atoms with Crippen molar-refractivity contribution in [3.05, 3.63) is 100 Å². The van der Waals surface area contributed by atoms with Gasteiger partial charge in [-0.3, -0.25) is 4.79 Å². The number of anilines is 2. The quantitative estimate of drug-likeness (QED) is 0.404. The standard InChI is InChI=1S/C23H20FN3O2S/c1-14-15(2)30-23(27-22(28)18-6-5-13-29-18)20(14)21(16-8-10-17(24)11-9-16)26-19-7-3-4-12-25-19/h3-13,21H,1-2H3,(H,25,26)(H,27,28)/t21-/m1/s1. The fourth-order valence-corrected chi connectivity index (χ4v) is 4.32. The molecule has 1 aromatic carbocycles. The summed E-state index contributed by atoms with van der Waals surface area (Å²) in [6, 6.07) is 14.9. The van der Waals surface area contributed by atoms with Crippen LogP contribution in [0, 0.1) is 19.7 Å². The van der Waals surface area contributed by atoms with Crippen molar-refractivity contribution < 1.29 is 13.6 Å². The Balaban J connectivity index is 1.77. The molecule has 0 spiro atoms. The number of aromatic nitrogens is 1. The predicted octanol–water partition coefficient (Wildman–Crippen LogP) is 5.95. The Morgan fingerprint density at radius 2 is 1.90 bits per heavy atom. The van der Waals surface area contributed by atoms with Crippen molar-refractivity contribution >= 4 is 28.1 Å². The molecule has 4 aromatic rings. The summed E-state index contributed by atoms with van der Waals surface area (Å²) >= 11 is 1.50. The summed E-state index contributed by atoms with van der Waals surface area (Å²) in [6.45, 7) is 4.02. The van der Waals surface area contributed by atoms with Crippen LogP contribution >= 0.6 is 11.3 Å². The van der Waals surface area contributed by atoms with E-state index >= 15 is 0 Å². The van der Waals surface area contributed by atoms with E-state index in [1.807, 2.05) is 32.0 Å². The fraction of sp³-hybridized carbons (Fsp3) is 0.130. The molecule has 0 unspecified atom stereocenters. The fourth-order valence-electron chi connectivity index (χ4n) is 3.23. The summed E-state index contributed by atoms with van der Waals surface area (Å²) in [7, 11) is 0. The number of halogens is 1. The Kier molecular flexibility index (Phi) is 5.63. The molecule has 0 aliphatic heterocycles. The van der Waals surface area contributed by atoms with Gasteiger partial charge in [0.15, 0.2) is 5.76 Å². The van der Waals surface area contributed by atoms with Gasteiger partial charge in [0.2, 0.25) is 0 Å². The second kappa shape index (κ2) is 8.51. The third-order valence-corrected chi connectivity index (χ3v) is 5.99. The topological polar surface area (TPSA) is 67.2 Å². The lowest BCUT2D eigenvalue weighted by Gasteiger charge is -2.22. The lowest BCUT2D eigenvalue weighted by Crippen LogP contribution is -2.17. The van der Waals surface area contributed by atoms with Crippen LogP contribution in [0.1, 0.15) is 38.2 Å². The molecule has 0 saturated heterocycles. The van der Waals surface area contributed by atoms with Gasteiger partial charge < -0.3 is 15.1 Å². The highest BCUT2D eigenvalue weighted by atomic mass is 32.1. The lowest BCUT2D eigenvalue weighted by atomic mass is 9.96. The first-order valence-corrected chi connectivity index (χ1v) is 10.2. The molecule has 5 nitrogen and oxygen atoms in total. The van der Waals surface area contributed by atoms with Crippen LogP contribution in [0.15, 0.2) is 71.5 Å². The molecule has 1 atom stereocenters. The van der Waals surface area contributed by atoms with E-state index in [0.29, 0.717) is 10.8 Å². The molecule has 152 valence electrons. The average molecular weight is 421 g/mol. The van der Waals surface area contributed by atoms with Crippen LogP contribution in [0.5, 0.6) is 0 Å². The van der Waals surface area contributed by atoms with Crippen LogP contribution in [0.4, 0.5) is 15.2 Å². The van der Waals surface area contributed by atoms with Gasteiger partial charge in [-0.05, 0) is 61.4 Å². The first-order chi connectivity index (χ1) is 14.5. The third kappa shape index (κ3) is 4.11. The Labute approximate surface area is 177 Å². The van der Waals surface area contributed by atoms with Crippen molar-refractivity contribution in [2.75, 3.05) is 10.6 Å². The Morgan fingerprint density at radius 1 is 1.10 bits per heavy atom. The zero-order valence-corrected chi connectivity index (χ0v) is 17.3. The summed E-state index contributed by atoms with van der Waals surface area (Å²) in [5.74, 6) is 0.289. The number of thiophene rings is 1. The van der Waals surface area contributed by atoms with Gasteiger partial charge in [0, 0.05) is 16.6 Å². The van der Waals surface area contributed by atoms with Gasteiger partial charge in [-0.25, -0.2) is 9.37 Å². The molecule has 3 heterocycles. The molecular weight excluding hydrogens is 401 g/mol. The molecule has 0 aliphatic carbocycles. The Hall–Kier alpha value is -3.45. The van der Waals surface area contributed by atoms with Crippen LogP contribution in [-0.2, 0) is 0 Å². The first-order valence-electron chi connectivity index (χ1n) is 9.40. The number of pyridine rings is 1. The van der Waals surface area contributed by atoms with Crippen molar-refractivity contribution in [1.82, 2.24) is 4.98 Å². The minimum absolute atomic E-state index is 0.237. The summed E-state index contributed by atoms with van der Waals surface area (Å²) in [4.78, 5) is 18.1. The van der Waals surface area contributed by atoms with Crippen LogP contribution in [0.2, 0.25) is 0 Å². The number of carbonyl (C=O) groups is 1. The molecule has 0 fully saturated rings. The van der Waals surface area contributed by atoms with Crippen molar-refractivity contribution in [3.8, 4) is 0 Å². The number of hydrogen-bond donors (Lipinski definition) is 2. The largest absolute Gasteiger partial charge is 0.459 e. The highest BCUT2D eigenvalue weighted by Crippen LogP contribution is 2.41. The van der Waals surface area contributed by atoms with Crippen LogP contribution < -0.4 is 10.6 Å². The molecule has 0 aliphatic rings. The van der Waals surface area contributed by atoms with Crippen molar-refractivity contribution in [1.29, 1.82) is 0 Å². The molecule has 7 heteroatoms. The number of rotatable bonds is 6. The van der Waals surface area contributed by atoms with E-state index in [4.69, 9.17) is 4.42 Å². The van der Waals surface area contributed by atoms with E-state index < -0.39 is 0 Å². The van der Waals surface area contributed by atoms with E-state index in [-0.39, 0.29) is 23.5 Å². The maximum atomic E-state index is 13.6. The number of hydrogen-bond acceptors (Lipinski definition) is 5. The maximum absolute atomic E-state index is 13.6. The van der Waals surface area contributed by atoms with Gasteiger partial charge in [-0.2, -0.15) is 0 Å². The minimum atomic E-state index is -0.336. The van der Waals surface area contributed by atoms with E-state index in [1.54, 1.807) is 30.5 Å². The minimum Gasteiger partial charge on any atom is -0.459 e. The summed E-state index contributed by atoms with van der Waals surface area (Å²) in [5.41, 5.74) is 2.82. The number of furan rings is 1. The smallest absolute Gasteiger partial charge is 0.291 e. The van der Waals surface area contributed by atoms with Crippen molar-refractivity contribution in [2.24, 2.45) is 0 Å². The zero-order valence-electron chi connectivity index (χ0n) is 16.5. The third-order valence-electron chi connectivity index (χ3n) is 4.85. The van der Waals surface area contributed by atoms with Gasteiger partial charge in [0.25, 0.3) is 5.91 Å². The molecule has 2 N–H and O–H groups in total. The van der Waals surface area contributed by atoms with Crippen molar-refractivity contribution in [2.45, 2.75) is 19.9 Å². The molecular formula is C23H20FN3O2S. The molecule has 30 heavy (non-hydrogen) atoms. The number of aryl methyl sites for hydroxylation is 1. The van der Waals surface area contributed by atoms with Gasteiger partial charge in [0.05, 0.1) is 12.3 Å². The molecule has 0 saturated carbocycles.